The van der Waals surface area contributed by atoms with Crippen molar-refractivity contribution < 1.29 is 9.53 Å². The summed E-state index contributed by atoms with van der Waals surface area (Å²) in [5, 5.41) is 6.14. The van der Waals surface area contributed by atoms with Crippen LogP contribution in [0.2, 0.25) is 0 Å². The molecule has 0 aromatic heterocycles. The second-order valence-corrected chi connectivity index (χ2v) is 6.74. The number of carbonyl (C=O) groups excluding carboxylic acids is 1. The first kappa shape index (κ1) is 19.4. The maximum Gasteiger partial charge on any atom is 0.225 e. The first-order valence-electron chi connectivity index (χ1n) is 7.82. The largest absolute Gasteiger partial charge is 0.374 e. The summed E-state index contributed by atoms with van der Waals surface area (Å²) in [7, 11) is 1.92. The molecule has 0 aliphatic rings. The quantitative estimate of drug-likeness (QED) is 0.574. The fourth-order valence-corrected chi connectivity index (χ4v) is 1.99. The molecule has 0 spiro atoms. The number of ether oxygens (including phenoxy) is 1. The Balaban J connectivity index is 4.01. The van der Waals surface area contributed by atoms with E-state index in [2.05, 4.69) is 31.4 Å². The predicted octanol–water partition coefficient (Wildman–Crippen LogP) is 2.72. The van der Waals surface area contributed by atoms with E-state index in [0.29, 0.717) is 6.61 Å². The molecule has 0 aromatic carbocycles. The Hall–Kier alpha value is -0.610. The zero-order chi connectivity index (χ0) is 15.6. The van der Waals surface area contributed by atoms with Crippen LogP contribution < -0.4 is 10.6 Å². The number of amides is 1. The van der Waals surface area contributed by atoms with Gasteiger partial charge in [0.15, 0.2) is 0 Å². The van der Waals surface area contributed by atoms with Gasteiger partial charge in [-0.3, -0.25) is 4.79 Å². The zero-order valence-electron chi connectivity index (χ0n) is 14.3. The van der Waals surface area contributed by atoms with Crippen molar-refractivity contribution in [2.75, 3.05) is 26.7 Å². The van der Waals surface area contributed by atoms with Crippen molar-refractivity contribution in [2.24, 2.45) is 5.41 Å². The maximum absolute atomic E-state index is 12.1. The summed E-state index contributed by atoms with van der Waals surface area (Å²) < 4.78 is 5.86. The smallest absolute Gasteiger partial charge is 0.225 e. The molecule has 0 aromatic rings. The molecule has 4 nitrogen and oxygen atoms in total. The molecule has 0 unspecified atom stereocenters. The number of nitrogens with one attached hydrogen (secondary N) is 2. The molecule has 1 amide bonds. The lowest BCUT2D eigenvalue weighted by Crippen LogP contribution is -2.40. The molecule has 0 heterocycles. The fraction of sp³-hybridized carbons (Fsp3) is 0.938. The molecule has 0 radical (unpaired) electrons. The van der Waals surface area contributed by atoms with Gasteiger partial charge in [-0.1, -0.05) is 33.6 Å². The normalized spacial score (nSPS) is 12.5. The van der Waals surface area contributed by atoms with E-state index < -0.39 is 0 Å². The van der Waals surface area contributed by atoms with Gasteiger partial charge in [0.2, 0.25) is 5.91 Å². The summed E-state index contributed by atoms with van der Waals surface area (Å²) in [6, 6.07) is 0. The van der Waals surface area contributed by atoms with Crippen molar-refractivity contribution in [3.63, 3.8) is 0 Å². The van der Waals surface area contributed by atoms with Gasteiger partial charge in [0.25, 0.3) is 0 Å². The Morgan fingerprint density at radius 1 is 1.15 bits per heavy atom. The molecule has 0 saturated heterocycles. The Kier molecular flexibility index (Phi) is 9.06. The molecule has 0 aliphatic carbocycles. The van der Waals surface area contributed by atoms with E-state index in [0.717, 1.165) is 25.9 Å². The number of rotatable bonds is 11. The van der Waals surface area contributed by atoms with Gasteiger partial charge in [-0.05, 0) is 33.7 Å². The second-order valence-electron chi connectivity index (χ2n) is 6.74. The molecular weight excluding hydrogens is 252 g/mol. The Morgan fingerprint density at radius 2 is 1.80 bits per heavy atom. The minimum Gasteiger partial charge on any atom is -0.374 e. The average molecular weight is 286 g/mol. The summed E-state index contributed by atoms with van der Waals surface area (Å²) in [6.07, 6.45) is 4.14. The molecule has 0 rings (SSSR count). The molecule has 0 fully saturated rings. The SMILES string of the molecule is CCCCCNC(=O)C(C)(C)CCOC(C)(C)CNC. The van der Waals surface area contributed by atoms with Crippen LogP contribution >= 0.6 is 0 Å². The molecule has 2 N–H and O–H groups in total. The van der Waals surface area contributed by atoms with Crippen molar-refractivity contribution in [1.82, 2.24) is 10.6 Å². The van der Waals surface area contributed by atoms with Crippen molar-refractivity contribution in [3.05, 3.63) is 0 Å². The van der Waals surface area contributed by atoms with Gasteiger partial charge in [0.1, 0.15) is 0 Å². The van der Waals surface area contributed by atoms with E-state index in [1.165, 1.54) is 12.8 Å². The number of carbonyl (C=O) groups is 1. The minimum absolute atomic E-state index is 0.128. The molecule has 0 saturated carbocycles. The molecule has 0 atom stereocenters. The van der Waals surface area contributed by atoms with Gasteiger partial charge in [-0.2, -0.15) is 0 Å². The summed E-state index contributed by atoms with van der Waals surface area (Å²) >= 11 is 0. The average Bonchev–Trinajstić information content (AvgIpc) is 2.33. The third kappa shape index (κ3) is 8.54. The zero-order valence-corrected chi connectivity index (χ0v) is 14.3. The van der Waals surface area contributed by atoms with Crippen LogP contribution in [-0.4, -0.2) is 38.3 Å². The summed E-state index contributed by atoms with van der Waals surface area (Å²) in [5.41, 5.74) is -0.565. The molecule has 0 bridgehead atoms. The van der Waals surface area contributed by atoms with Crippen LogP contribution in [0, 0.1) is 5.41 Å². The van der Waals surface area contributed by atoms with E-state index in [-0.39, 0.29) is 16.9 Å². The van der Waals surface area contributed by atoms with Crippen molar-refractivity contribution in [2.45, 2.75) is 65.9 Å². The van der Waals surface area contributed by atoms with Crippen molar-refractivity contribution in [1.29, 1.82) is 0 Å². The molecule has 120 valence electrons. The van der Waals surface area contributed by atoms with E-state index in [1.54, 1.807) is 0 Å². The lowest BCUT2D eigenvalue weighted by Gasteiger charge is -2.28. The van der Waals surface area contributed by atoms with E-state index in [4.69, 9.17) is 4.74 Å². The standard InChI is InChI=1S/C16H34N2O2/c1-7-8-9-11-18-14(19)15(2,3)10-12-20-16(4,5)13-17-6/h17H,7-13H2,1-6H3,(H,18,19). The highest BCUT2D eigenvalue weighted by Gasteiger charge is 2.28. The van der Waals surface area contributed by atoms with Crippen LogP contribution in [0.1, 0.15) is 60.3 Å². The van der Waals surface area contributed by atoms with Gasteiger partial charge in [-0.15, -0.1) is 0 Å². The topological polar surface area (TPSA) is 50.4 Å². The Bertz CT molecular complexity index is 276. The van der Waals surface area contributed by atoms with Crippen LogP contribution in [0.3, 0.4) is 0 Å². The van der Waals surface area contributed by atoms with Gasteiger partial charge < -0.3 is 15.4 Å². The number of unbranched alkanes of at least 4 members (excludes halogenated alkanes) is 2. The highest BCUT2D eigenvalue weighted by atomic mass is 16.5. The van der Waals surface area contributed by atoms with Crippen LogP contribution in [0.5, 0.6) is 0 Å². The van der Waals surface area contributed by atoms with Gasteiger partial charge >= 0.3 is 0 Å². The predicted molar refractivity (Wildman–Crippen MR) is 84.9 cm³/mol. The van der Waals surface area contributed by atoms with E-state index in [1.807, 2.05) is 20.9 Å². The highest BCUT2D eigenvalue weighted by Crippen LogP contribution is 2.22. The lowest BCUT2D eigenvalue weighted by atomic mass is 9.88. The molecule has 0 aliphatic heterocycles. The van der Waals surface area contributed by atoms with Crippen molar-refractivity contribution in [3.8, 4) is 0 Å². The van der Waals surface area contributed by atoms with Crippen LogP contribution in [0.4, 0.5) is 0 Å². The van der Waals surface area contributed by atoms with Gasteiger partial charge in [-0.25, -0.2) is 0 Å². The van der Waals surface area contributed by atoms with Crippen molar-refractivity contribution >= 4 is 5.91 Å². The Labute approximate surface area is 125 Å². The minimum atomic E-state index is -0.373. The summed E-state index contributed by atoms with van der Waals surface area (Å²) in [5.74, 6) is 0.128. The van der Waals surface area contributed by atoms with Gasteiger partial charge in [0.05, 0.1) is 5.60 Å². The first-order valence-corrected chi connectivity index (χ1v) is 7.82. The number of hydrogen-bond acceptors (Lipinski definition) is 3. The third-order valence-corrected chi connectivity index (χ3v) is 3.50. The van der Waals surface area contributed by atoms with Crippen LogP contribution in [-0.2, 0) is 9.53 Å². The van der Waals surface area contributed by atoms with E-state index >= 15 is 0 Å². The maximum atomic E-state index is 12.1. The molecule has 20 heavy (non-hydrogen) atoms. The third-order valence-electron chi connectivity index (χ3n) is 3.50. The molecule has 4 heteroatoms. The summed E-state index contributed by atoms with van der Waals surface area (Å²) in [4.78, 5) is 12.1. The number of likely N-dealkylation sites (N-methyl/N-ethyl adjacent to an activating group) is 1. The molecular formula is C16H34N2O2. The summed E-state index contributed by atoms with van der Waals surface area (Å²) in [6.45, 7) is 12.4. The monoisotopic (exact) mass is 286 g/mol. The lowest BCUT2D eigenvalue weighted by molar-refractivity contribution is -0.131. The fourth-order valence-electron chi connectivity index (χ4n) is 1.99. The second kappa shape index (κ2) is 9.35. The van der Waals surface area contributed by atoms with E-state index in [9.17, 15) is 4.79 Å². The number of hydrogen-bond donors (Lipinski definition) is 2. The van der Waals surface area contributed by atoms with Crippen LogP contribution in [0.25, 0.3) is 0 Å². The van der Waals surface area contributed by atoms with Crippen LogP contribution in [0.15, 0.2) is 0 Å². The first-order chi connectivity index (χ1) is 9.25. The Morgan fingerprint density at radius 3 is 2.35 bits per heavy atom. The van der Waals surface area contributed by atoms with Gasteiger partial charge in [0, 0.05) is 25.1 Å². The highest BCUT2D eigenvalue weighted by molar-refractivity contribution is 5.81.